The third kappa shape index (κ3) is 3.96. The minimum Gasteiger partial charge on any atom is -0.450 e. The van der Waals surface area contributed by atoms with Crippen LogP contribution in [0.15, 0.2) is 0 Å². The third-order valence-electron chi connectivity index (χ3n) is 9.42. The van der Waals surface area contributed by atoms with E-state index in [0.29, 0.717) is 0 Å². The van der Waals surface area contributed by atoms with Crippen LogP contribution < -0.4 is 0 Å². The Morgan fingerprint density at radius 3 is 1.24 bits per heavy atom. The summed E-state index contributed by atoms with van der Waals surface area (Å²) in [4.78, 5) is 17.1. The van der Waals surface area contributed by atoms with Gasteiger partial charge in [-0.15, -0.1) is 0 Å². The third-order valence-corrected chi connectivity index (χ3v) is 9.42. The quantitative estimate of drug-likeness (QED) is 0.416. The van der Waals surface area contributed by atoms with Crippen LogP contribution >= 0.6 is 0 Å². The van der Waals surface area contributed by atoms with E-state index in [9.17, 15) is 0 Å². The average Bonchev–Trinajstić information content (AvgIpc) is 2.49. The second kappa shape index (κ2) is 7.35. The summed E-state index contributed by atoms with van der Waals surface area (Å²) in [5, 5.41) is 27.9. The van der Waals surface area contributed by atoms with Crippen molar-refractivity contribution in [1.82, 2.24) is 0 Å². The van der Waals surface area contributed by atoms with Gasteiger partial charge in [-0.25, -0.2) is 9.59 Å². The van der Waals surface area contributed by atoms with Gasteiger partial charge in [0.2, 0.25) is 0 Å². The van der Waals surface area contributed by atoms with Crippen LogP contribution in [0.3, 0.4) is 0 Å². The summed E-state index contributed by atoms with van der Waals surface area (Å²) in [6, 6.07) is 0. The topological polar surface area (TPSA) is 115 Å². The molecule has 0 radical (unpaired) electrons. The molecule has 8 fully saturated rings. The molecule has 0 amide bonds. The Morgan fingerprint density at radius 2 is 0.931 bits per heavy atom. The second-order valence-electron chi connectivity index (χ2n) is 11.6. The Balaban J connectivity index is 0.000000223. The number of carboxylic acid groups (broad SMARTS) is 4. The first-order valence-corrected chi connectivity index (χ1v) is 11.4. The molecule has 6 heteroatoms. The Morgan fingerprint density at radius 1 is 0.621 bits per heavy atom. The normalized spacial score (nSPS) is 50.2. The summed E-state index contributed by atoms with van der Waals surface area (Å²) < 4.78 is 0. The molecule has 0 aliphatic heterocycles. The minimum absolute atomic E-state index is 0.764. The monoisotopic (exact) mass is 408 g/mol. The van der Waals surface area contributed by atoms with E-state index >= 15 is 0 Å². The lowest BCUT2D eigenvalue weighted by Crippen LogP contribution is -2.61. The highest BCUT2D eigenvalue weighted by Gasteiger charge is 2.64. The summed E-state index contributed by atoms with van der Waals surface area (Å²) in [7, 11) is 0. The summed E-state index contributed by atoms with van der Waals surface area (Å²) in [5.41, 5.74) is 1.60. The van der Waals surface area contributed by atoms with E-state index in [-0.39, 0.29) is 0 Å². The molecule has 0 aromatic carbocycles. The van der Waals surface area contributed by atoms with Gasteiger partial charge in [0.25, 0.3) is 0 Å². The fourth-order valence-electron chi connectivity index (χ4n) is 10.2. The van der Waals surface area contributed by atoms with E-state index in [2.05, 4.69) is 6.92 Å². The molecule has 3 atom stereocenters. The van der Waals surface area contributed by atoms with Crippen LogP contribution in [0.5, 0.6) is 0 Å². The predicted molar refractivity (Wildman–Crippen MR) is 107 cm³/mol. The van der Waals surface area contributed by atoms with Gasteiger partial charge < -0.3 is 20.4 Å². The molecule has 0 spiro atoms. The van der Waals surface area contributed by atoms with Crippen LogP contribution in [0.4, 0.5) is 9.59 Å². The first kappa shape index (κ1) is 20.8. The van der Waals surface area contributed by atoms with Crippen LogP contribution in [0.25, 0.3) is 0 Å². The highest BCUT2D eigenvalue weighted by molar-refractivity contribution is 5.53. The molecule has 4 N–H and O–H groups in total. The van der Waals surface area contributed by atoms with Crippen LogP contribution in [-0.4, -0.2) is 32.7 Å². The molecule has 8 rings (SSSR count). The maximum absolute atomic E-state index is 8.56. The van der Waals surface area contributed by atoms with Crippen LogP contribution in [0, 0.1) is 52.3 Å². The molecule has 8 saturated carbocycles. The lowest BCUT2D eigenvalue weighted by molar-refractivity contribution is -0.200. The molecule has 0 aromatic heterocycles. The maximum atomic E-state index is 8.56. The van der Waals surface area contributed by atoms with E-state index in [4.69, 9.17) is 30.0 Å². The van der Waals surface area contributed by atoms with Gasteiger partial charge in [0, 0.05) is 0 Å². The van der Waals surface area contributed by atoms with E-state index in [1.54, 1.807) is 70.6 Å². The average molecular weight is 409 g/mol. The Bertz CT molecular complexity index is 588. The van der Waals surface area contributed by atoms with Gasteiger partial charge in [0.15, 0.2) is 0 Å². The Kier molecular flexibility index (Phi) is 5.27. The van der Waals surface area contributed by atoms with E-state index in [0.717, 1.165) is 52.3 Å². The highest BCUT2D eigenvalue weighted by Crippen LogP contribution is 2.73. The van der Waals surface area contributed by atoms with Crippen LogP contribution in [-0.2, 0) is 0 Å². The van der Waals surface area contributed by atoms with Gasteiger partial charge in [0.1, 0.15) is 0 Å². The fraction of sp³-hybridized carbons (Fsp3) is 0.913. The first-order chi connectivity index (χ1) is 13.6. The molecule has 0 saturated heterocycles. The fourth-order valence-corrected chi connectivity index (χ4v) is 10.2. The van der Waals surface area contributed by atoms with Crippen LogP contribution in [0.2, 0.25) is 0 Å². The zero-order valence-electron chi connectivity index (χ0n) is 17.4. The Hall–Kier alpha value is -1.46. The van der Waals surface area contributed by atoms with Gasteiger partial charge in [-0.2, -0.15) is 0 Å². The number of rotatable bonds is 1. The summed E-state index contributed by atoms with van der Waals surface area (Å²) in [6.07, 6.45) is 14.3. The number of carbonyl (C=O) groups is 2. The van der Waals surface area contributed by atoms with Crippen molar-refractivity contribution in [3.8, 4) is 0 Å². The lowest BCUT2D eigenvalue weighted by Gasteiger charge is -2.70. The van der Waals surface area contributed by atoms with Crippen LogP contribution in [0.1, 0.15) is 77.6 Å². The molecule has 6 nitrogen and oxygen atoms in total. The molecule has 0 aromatic rings. The standard InChI is InChI=1S/C21H32.2CH2O3/c1-20-8-16-5-17(9-20)7-18(6-16)19(20)21-10-13-2-14(11-21)4-15(3-13)12-21;2*2-1(3)4/h13-19H,2-12H2,1H3;2*(H2,2,3,4). The van der Waals surface area contributed by atoms with Crippen molar-refractivity contribution in [3.63, 3.8) is 0 Å². The number of hydrogen-bond donors (Lipinski definition) is 4. The molecule has 8 aliphatic rings. The minimum atomic E-state index is -1.83. The Labute approximate surface area is 172 Å². The van der Waals surface area contributed by atoms with Gasteiger partial charge in [-0.3, -0.25) is 0 Å². The molecular weight excluding hydrogens is 372 g/mol. The summed E-state index contributed by atoms with van der Waals surface area (Å²) >= 11 is 0. The molecule has 29 heavy (non-hydrogen) atoms. The molecule has 164 valence electrons. The zero-order chi connectivity index (χ0) is 21.0. The second-order valence-corrected chi connectivity index (χ2v) is 11.6. The lowest BCUT2D eigenvalue weighted by atomic mass is 9.35. The SMILES string of the molecule is CC12CC3CC(CC(C3)C1C13CC4CC(CC(C4)C1)C3)C2.O=C(O)O.O=C(O)O. The summed E-state index contributed by atoms with van der Waals surface area (Å²) in [6.45, 7) is 2.75. The molecule has 8 bridgehead atoms. The highest BCUT2D eigenvalue weighted by atomic mass is 16.6. The summed E-state index contributed by atoms with van der Waals surface area (Å²) in [5.74, 6) is 8.02. The zero-order valence-corrected chi connectivity index (χ0v) is 17.4. The largest absolute Gasteiger partial charge is 0.503 e. The van der Waals surface area contributed by atoms with Crippen molar-refractivity contribution in [1.29, 1.82) is 0 Å². The first-order valence-electron chi connectivity index (χ1n) is 11.4. The predicted octanol–water partition coefficient (Wildman–Crippen LogP) is 6.11. The van der Waals surface area contributed by atoms with Crippen molar-refractivity contribution in [2.45, 2.75) is 77.6 Å². The van der Waals surface area contributed by atoms with Crippen molar-refractivity contribution < 1.29 is 30.0 Å². The molecule has 0 heterocycles. The number of hydrogen-bond acceptors (Lipinski definition) is 2. The van der Waals surface area contributed by atoms with Crippen molar-refractivity contribution in [3.05, 3.63) is 0 Å². The smallest absolute Gasteiger partial charge is 0.450 e. The van der Waals surface area contributed by atoms with Gasteiger partial charge in [-0.1, -0.05) is 6.92 Å². The maximum Gasteiger partial charge on any atom is 0.503 e. The van der Waals surface area contributed by atoms with Gasteiger partial charge in [0.05, 0.1) is 0 Å². The molecular formula is C23H36O6. The van der Waals surface area contributed by atoms with Gasteiger partial charge in [-0.05, 0) is 123 Å². The van der Waals surface area contributed by atoms with E-state index in [1.165, 1.54) is 0 Å². The van der Waals surface area contributed by atoms with Crippen molar-refractivity contribution in [2.24, 2.45) is 52.3 Å². The van der Waals surface area contributed by atoms with E-state index in [1.807, 2.05) is 0 Å². The van der Waals surface area contributed by atoms with Crippen molar-refractivity contribution >= 4 is 12.3 Å². The molecule has 3 unspecified atom stereocenters. The van der Waals surface area contributed by atoms with Gasteiger partial charge >= 0.3 is 12.3 Å². The van der Waals surface area contributed by atoms with E-state index < -0.39 is 12.3 Å². The molecule has 8 aliphatic carbocycles. The van der Waals surface area contributed by atoms with Crippen molar-refractivity contribution in [2.75, 3.05) is 0 Å².